The van der Waals surface area contributed by atoms with Crippen LogP contribution in [-0.2, 0) is 9.59 Å². The maximum absolute atomic E-state index is 14.8. The molecule has 1 atom stereocenters. The number of methoxy groups -OCH3 is 1. The first-order valence-corrected chi connectivity index (χ1v) is 10.8. The van der Waals surface area contributed by atoms with Crippen molar-refractivity contribution in [1.29, 1.82) is 0 Å². The van der Waals surface area contributed by atoms with Gasteiger partial charge in [0.1, 0.15) is 17.3 Å². The number of Topliss-reactive ketones (excluding diaryl/α,β-unsaturated/α-hetero) is 1. The molecule has 32 heavy (non-hydrogen) atoms. The highest BCUT2D eigenvalue weighted by atomic mass is 35.5. The topological polar surface area (TPSA) is 70.1 Å². The summed E-state index contributed by atoms with van der Waals surface area (Å²) in [4.78, 5) is 29.4. The molecule has 0 saturated carbocycles. The van der Waals surface area contributed by atoms with Crippen LogP contribution in [0.2, 0.25) is 5.02 Å². The van der Waals surface area contributed by atoms with Gasteiger partial charge in [0.05, 0.1) is 23.7 Å². The van der Waals surface area contributed by atoms with Crippen LogP contribution in [0.4, 0.5) is 4.39 Å². The Labute approximate surface area is 191 Å². The molecule has 1 fully saturated rings. The fraction of sp³-hybridized carbons (Fsp3) is 0.333. The molecule has 2 aromatic rings. The number of rotatable bonds is 8. The predicted octanol–water partition coefficient (Wildman–Crippen LogP) is 4.25. The maximum atomic E-state index is 14.8. The van der Waals surface area contributed by atoms with Crippen LogP contribution in [-0.4, -0.2) is 59.9 Å². The second-order valence-corrected chi connectivity index (χ2v) is 7.80. The summed E-state index contributed by atoms with van der Waals surface area (Å²) in [6.07, 6.45) is 0. The number of aliphatic hydroxyl groups is 1. The second kappa shape index (κ2) is 10.1. The number of likely N-dealkylation sites (tertiary alicyclic amines) is 1. The van der Waals surface area contributed by atoms with E-state index in [1.165, 1.54) is 48.4 Å². The van der Waals surface area contributed by atoms with Crippen molar-refractivity contribution < 1.29 is 23.8 Å². The molecule has 1 amide bonds. The Balaban J connectivity index is 2.14. The van der Waals surface area contributed by atoms with E-state index in [0.717, 1.165) is 13.1 Å². The van der Waals surface area contributed by atoms with Gasteiger partial charge in [-0.25, -0.2) is 4.39 Å². The van der Waals surface area contributed by atoms with Crippen molar-refractivity contribution in [2.75, 3.05) is 33.3 Å². The molecule has 1 unspecified atom stereocenters. The van der Waals surface area contributed by atoms with Gasteiger partial charge in [0.15, 0.2) is 0 Å². The van der Waals surface area contributed by atoms with Crippen molar-refractivity contribution in [3.8, 4) is 5.75 Å². The number of halogens is 2. The molecular weight excluding hydrogens is 435 g/mol. The first-order valence-electron chi connectivity index (χ1n) is 10.4. The van der Waals surface area contributed by atoms with Crippen molar-refractivity contribution in [2.45, 2.75) is 19.9 Å². The number of aliphatic hydroxyl groups excluding tert-OH is 1. The lowest BCUT2D eigenvalue weighted by molar-refractivity contribution is -0.140. The summed E-state index contributed by atoms with van der Waals surface area (Å²) in [6, 6.07) is 9.41. The van der Waals surface area contributed by atoms with Crippen LogP contribution in [0.1, 0.15) is 31.0 Å². The smallest absolute Gasteiger partial charge is 0.295 e. The normalized spacial score (nSPS) is 17.9. The van der Waals surface area contributed by atoms with Crippen LogP contribution in [0.3, 0.4) is 0 Å². The molecule has 1 aliphatic heterocycles. The van der Waals surface area contributed by atoms with E-state index in [2.05, 4.69) is 4.90 Å². The van der Waals surface area contributed by atoms with Gasteiger partial charge in [-0.05, 0) is 37.4 Å². The third kappa shape index (κ3) is 4.49. The predicted molar refractivity (Wildman–Crippen MR) is 121 cm³/mol. The van der Waals surface area contributed by atoms with E-state index in [9.17, 15) is 19.1 Å². The minimum absolute atomic E-state index is 0.147. The Morgan fingerprint density at radius 2 is 1.88 bits per heavy atom. The van der Waals surface area contributed by atoms with E-state index in [1.807, 2.05) is 13.8 Å². The molecular formula is C24H26ClFN2O4. The summed E-state index contributed by atoms with van der Waals surface area (Å²) in [7, 11) is 1.43. The molecule has 3 rings (SSSR count). The number of carbonyl (C=O) groups excluding carboxylic acids is 2. The number of likely N-dealkylation sites (N-methyl/N-ethyl adjacent to an activating group) is 1. The highest BCUT2D eigenvalue weighted by Gasteiger charge is 2.46. The maximum Gasteiger partial charge on any atom is 0.295 e. The lowest BCUT2D eigenvalue weighted by atomic mass is 9.95. The van der Waals surface area contributed by atoms with E-state index in [1.54, 1.807) is 6.07 Å². The van der Waals surface area contributed by atoms with Crippen molar-refractivity contribution >= 4 is 29.1 Å². The summed E-state index contributed by atoms with van der Waals surface area (Å²) >= 11 is 6.07. The number of nitrogens with zero attached hydrogens (tertiary/aromatic N) is 2. The molecule has 6 nitrogen and oxygen atoms in total. The van der Waals surface area contributed by atoms with Gasteiger partial charge in [-0.3, -0.25) is 9.59 Å². The van der Waals surface area contributed by atoms with Crippen molar-refractivity contribution in [3.05, 3.63) is 70.0 Å². The lowest BCUT2D eigenvalue weighted by Gasteiger charge is -2.28. The number of carbonyl (C=O) groups is 2. The van der Waals surface area contributed by atoms with Crippen molar-refractivity contribution in [2.24, 2.45) is 0 Å². The SMILES string of the molecule is CCN(CC)CCN1C(=O)C(=O)/C(=C(/O)c2ccc(Cl)c(OC)c2)C1c1ccccc1F. The molecule has 8 heteroatoms. The number of hydrogen-bond acceptors (Lipinski definition) is 5. The highest BCUT2D eigenvalue weighted by Crippen LogP contribution is 2.41. The number of ether oxygens (including phenoxy) is 1. The number of hydrogen-bond donors (Lipinski definition) is 1. The Bertz CT molecular complexity index is 1050. The standard InChI is InChI=1S/C24H26ClFN2O4/c1-4-27(5-2)12-13-28-21(16-8-6-7-9-18(16)26)20(23(30)24(28)31)22(29)15-10-11-17(25)19(14-15)32-3/h6-11,14,21,29H,4-5,12-13H2,1-3H3/b22-20+. The zero-order valence-corrected chi connectivity index (χ0v) is 19.0. The van der Waals surface area contributed by atoms with E-state index in [0.29, 0.717) is 17.3 Å². The lowest BCUT2D eigenvalue weighted by Crippen LogP contribution is -2.38. The van der Waals surface area contributed by atoms with Crippen LogP contribution >= 0.6 is 11.6 Å². The van der Waals surface area contributed by atoms with Gasteiger partial charge in [0, 0.05) is 24.2 Å². The molecule has 0 radical (unpaired) electrons. The molecule has 1 saturated heterocycles. The van der Waals surface area contributed by atoms with Crippen LogP contribution in [0.5, 0.6) is 5.75 Å². The summed E-state index contributed by atoms with van der Waals surface area (Å²) in [5.74, 6) is -2.30. The molecule has 1 aliphatic rings. The molecule has 1 heterocycles. The summed E-state index contributed by atoms with van der Waals surface area (Å²) in [6.45, 7) is 6.27. The fourth-order valence-corrected chi connectivity index (χ4v) is 4.08. The monoisotopic (exact) mass is 460 g/mol. The van der Waals surface area contributed by atoms with Crippen LogP contribution in [0.15, 0.2) is 48.0 Å². The number of amides is 1. The average molecular weight is 461 g/mol. The first-order chi connectivity index (χ1) is 15.3. The molecule has 0 spiro atoms. The number of benzene rings is 2. The van der Waals surface area contributed by atoms with Crippen molar-refractivity contribution in [1.82, 2.24) is 9.80 Å². The summed E-state index contributed by atoms with van der Waals surface area (Å²) in [5.41, 5.74) is 0.229. The van der Waals surface area contributed by atoms with E-state index >= 15 is 0 Å². The van der Waals surface area contributed by atoms with Gasteiger partial charge in [-0.15, -0.1) is 0 Å². The zero-order chi connectivity index (χ0) is 23.4. The molecule has 0 aromatic heterocycles. The third-order valence-electron chi connectivity index (χ3n) is 5.72. The van der Waals surface area contributed by atoms with E-state index < -0.39 is 29.3 Å². The van der Waals surface area contributed by atoms with E-state index in [4.69, 9.17) is 16.3 Å². The van der Waals surface area contributed by atoms with Gasteiger partial charge >= 0.3 is 0 Å². The average Bonchev–Trinajstić information content (AvgIpc) is 3.04. The zero-order valence-electron chi connectivity index (χ0n) is 18.3. The van der Waals surface area contributed by atoms with Gasteiger partial charge in [0.25, 0.3) is 11.7 Å². The molecule has 0 aliphatic carbocycles. The second-order valence-electron chi connectivity index (χ2n) is 7.39. The van der Waals surface area contributed by atoms with Crippen LogP contribution < -0.4 is 4.74 Å². The highest BCUT2D eigenvalue weighted by molar-refractivity contribution is 6.46. The Morgan fingerprint density at radius 3 is 2.50 bits per heavy atom. The third-order valence-corrected chi connectivity index (χ3v) is 6.03. The largest absolute Gasteiger partial charge is 0.507 e. The van der Waals surface area contributed by atoms with Gasteiger partial charge < -0.3 is 19.6 Å². The van der Waals surface area contributed by atoms with Gasteiger partial charge in [-0.2, -0.15) is 0 Å². The Kier molecular flexibility index (Phi) is 7.53. The molecule has 170 valence electrons. The first kappa shape index (κ1) is 23.8. The summed E-state index contributed by atoms with van der Waals surface area (Å²) < 4.78 is 20.0. The fourth-order valence-electron chi connectivity index (χ4n) is 3.88. The van der Waals surface area contributed by atoms with Gasteiger partial charge in [-0.1, -0.05) is 43.6 Å². The molecule has 0 bridgehead atoms. The van der Waals surface area contributed by atoms with E-state index in [-0.39, 0.29) is 23.2 Å². The quantitative estimate of drug-likeness (QED) is 0.362. The Morgan fingerprint density at radius 1 is 1.19 bits per heavy atom. The van der Waals surface area contributed by atoms with Crippen LogP contribution in [0, 0.1) is 5.82 Å². The Hall–Kier alpha value is -2.90. The van der Waals surface area contributed by atoms with Crippen LogP contribution in [0.25, 0.3) is 5.76 Å². The number of ketones is 1. The van der Waals surface area contributed by atoms with Gasteiger partial charge in [0.2, 0.25) is 0 Å². The minimum Gasteiger partial charge on any atom is -0.507 e. The molecule has 2 aromatic carbocycles. The van der Waals surface area contributed by atoms with Crippen molar-refractivity contribution in [3.63, 3.8) is 0 Å². The minimum atomic E-state index is -1.05. The summed E-state index contributed by atoms with van der Waals surface area (Å²) in [5, 5.41) is 11.4. The molecule has 1 N–H and O–H groups in total.